The Labute approximate surface area is 641 Å². The number of aromatic nitrogens is 16. The summed E-state index contributed by atoms with van der Waals surface area (Å²) in [6, 6.07) is 20.2. The number of ether oxygens (including phenoxy) is 1. The van der Waals surface area contributed by atoms with Crippen LogP contribution in [0.1, 0.15) is 55.1 Å². The summed E-state index contributed by atoms with van der Waals surface area (Å²) >= 11 is 35.3. The van der Waals surface area contributed by atoms with E-state index in [1.165, 1.54) is 132 Å². The summed E-state index contributed by atoms with van der Waals surface area (Å²) in [5.74, 6) is -1.31. The summed E-state index contributed by atoms with van der Waals surface area (Å²) in [5.41, 5.74) is 0.953. The van der Waals surface area contributed by atoms with Gasteiger partial charge in [0.25, 0.3) is 16.9 Å². The zero-order valence-electron chi connectivity index (χ0n) is 53.8. The fraction of sp³-hybridized carbons (Fsp3) is 0.161. The van der Waals surface area contributed by atoms with Gasteiger partial charge in [-0.3, -0.25) is 18.9 Å². The molecular weight excluding hydrogens is 1650 g/mol. The maximum Gasteiger partial charge on any atom is 1.00 e. The zero-order valence-corrected chi connectivity index (χ0v) is 62.6. The van der Waals surface area contributed by atoms with Gasteiger partial charge < -0.3 is 45.7 Å². The van der Waals surface area contributed by atoms with Crippen LogP contribution < -0.4 is 30.0 Å². The average molecular weight is 1700 g/mol. The van der Waals surface area contributed by atoms with Crippen molar-refractivity contribution in [3.05, 3.63) is 228 Å². The molecule has 10 aromatic heterocycles. The number of carbonyl (C=O) groups is 1. The second-order valence-electron chi connectivity index (χ2n) is 21.2. The van der Waals surface area contributed by atoms with Gasteiger partial charge in [0.1, 0.15) is 57.4 Å². The van der Waals surface area contributed by atoms with E-state index in [0.29, 0.717) is 60.4 Å². The monoisotopic (exact) mass is 1690 g/mol. The Hall–Kier alpha value is -7.62. The van der Waals surface area contributed by atoms with Crippen LogP contribution in [0.25, 0.3) is 77.3 Å². The molecule has 7 N–H and O–H groups in total. The van der Waals surface area contributed by atoms with Crippen molar-refractivity contribution in [3.63, 3.8) is 0 Å². The topological polar surface area (TPSA) is 318 Å². The molecule has 0 amide bonds. The Balaban J connectivity index is 0.000000204. The standard InChI is InChI=1S/C21H12ClF4N5O.C15H8F4N2O.C6H3BrClN3.C6H4BrN3O.C6H5N3O.C4H8O.C4H9.BHNS.Cl3OP.Li/c22-19-18-17(28-10-29-19)15(9-27-18)20(32,21(24,25)26)12-1-6-16-11(7-12)8-30-31(16)14-4-2-13(23)3-5-14;16-11-2-4-12(5-3-11)21-13-6-1-9(7-10(13)8-20-21)14(22)15(17,18)19;7-3-1-9-5-4(3)10-2-11-6(5)8;7-3-1-8-5-4(3)9-2-10-6(5)11;10-6-5-4(1-2-7-5)8-3-9-6;1-2-4-5-3-1;1-4(2)3;1-2-3;1-5(2,3)4;/h1-10,27,32H;1-8H;1-2,9H;1-2,8H,(H,9,10,11);1-3,7H,(H,8,9,10);1-4H2;1-3H3;3H;;/q;;;;;;-1;;;+1. The number of Topliss-reactive ketones (excluding diaryl/α,β-unsaturated/α-hetero) is 1. The van der Waals surface area contributed by atoms with E-state index in [4.69, 9.17) is 27.9 Å². The number of hydrogen-bond acceptors (Lipinski definition) is 16. The Bertz CT molecular complexity index is 5340. The fourth-order valence-electron chi connectivity index (χ4n) is 9.02. The van der Waals surface area contributed by atoms with Gasteiger partial charge in [-0.15, -0.1) is 0 Å². The molecule has 1 aliphatic rings. The van der Waals surface area contributed by atoms with Crippen LogP contribution in [0.4, 0.5) is 35.1 Å². The molecule has 539 valence electrons. The van der Waals surface area contributed by atoms with Gasteiger partial charge in [0.15, 0.2) is 10.3 Å². The molecule has 15 rings (SSSR count). The number of nitrogens with one attached hydrogen (secondary N) is 6. The van der Waals surface area contributed by atoms with E-state index >= 15 is 0 Å². The van der Waals surface area contributed by atoms with E-state index in [-0.39, 0.29) is 46.2 Å². The maximum atomic E-state index is 14.3. The number of aliphatic hydroxyl groups is 1. The quantitative estimate of drug-likeness (QED) is 0.0151. The van der Waals surface area contributed by atoms with Gasteiger partial charge in [0, 0.05) is 59.9 Å². The predicted molar refractivity (Wildman–Crippen MR) is 391 cm³/mol. The van der Waals surface area contributed by atoms with Gasteiger partial charge in [-0.05, 0) is 169 Å². The van der Waals surface area contributed by atoms with Gasteiger partial charge in [0.2, 0.25) is 5.60 Å². The minimum absolute atomic E-state index is 0. The Morgan fingerprint density at radius 2 is 1.09 bits per heavy atom. The number of benzene rings is 4. The molecule has 0 saturated carbocycles. The number of ketones is 1. The molecule has 1 saturated heterocycles. The minimum Gasteiger partial charge on any atom is 1.00 e. The van der Waals surface area contributed by atoms with Crippen LogP contribution in [-0.4, -0.2) is 123 Å². The Morgan fingerprint density at radius 3 is 1.55 bits per heavy atom. The van der Waals surface area contributed by atoms with Crippen LogP contribution in [0.2, 0.25) is 10.3 Å². The van der Waals surface area contributed by atoms with Crippen molar-refractivity contribution in [1.29, 1.82) is 0 Å². The third-order valence-corrected chi connectivity index (χ3v) is 15.2. The number of carbonyl (C=O) groups excluding carboxylic acids is 1. The first-order chi connectivity index (χ1) is 48.7. The molecule has 4 aromatic carbocycles. The third kappa shape index (κ3) is 22.9. The smallest absolute Gasteiger partial charge is 1.00 e. The fourth-order valence-corrected chi connectivity index (χ4v) is 10.2. The third-order valence-electron chi connectivity index (χ3n) is 13.4. The van der Waals surface area contributed by atoms with Crippen LogP contribution in [0.5, 0.6) is 0 Å². The molecule has 104 heavy (non-hydrogen) atoms. The number of nitrogens with zero attached hydrogens (tertiary/aromatic N) is 11. The Kier molecular flexibility index (Phi) is 31.7. The molecule has 1 atom stereocenters. The molecule has 0 spiro atoms. The van der Waals surface area contributed by atoms with Gasteiger partial charge in [-0.1, -0.05) is 29.3 Å². The summed E-state index contributed by atoms with van der Waals surface area (Å²) in [6.07, 6.45) is 6.68. The van der Waals surface area contributed by atoms with E-state index in [9.17, 15) is 59.2 Å². The molecule has 0 bridgehead atoms. The number of hydrogen-bond donors (Lipinski definition) is 8. The number of halogens is 15. The molecule has 1 unspecified atom stereocenters. The molecule has 1 fully saturated rings. The number of aromatic amines is 6. The first kappa shape index (κ1) is 85.3. The molecular formula is C62H50BBr2Cl5F8LiN17O6PS. The summed E-state index contributed by atoms with van der Waals surface area (Å²) in [5, 5.41) is 17.2. The van der Waals surface area contributed by atoms with Crippen LogP contribution >= 0.6 is 107 Å². The van der Waals surface area contributed by atoms with Crippen LogP contribution in [0.15, 0.2) is 176 Å². The number of alkyl halides is 6. The van der Waals surface area contributed by atoms with Gasteiger partial charge in [0.05, 0.1) is 67.4 Å². The van der Waals surface area contributed by atoms with Crippen LogP contribution in [0.3, 0.4) is 0 Å². The molecule has 14 aromatic rings. The second kappa shape index (κ2) is 38.6. The first-order valence-corrected chi connectivity index (χ1v) is 36.1. The van der Waals surface area contributed by atoms with Gasteiger partial charge in [-0.25, -0.2) is 48.0 Å². The van der Waals surface area contributed by atoms with Crippen molar-refractivity contribution in [2.24, 2.45) is 4.30 Å². The van der Waals surface area contributed by atoms with Crippen molar-refractivity contribution in [1.82, 2.24) is 79.4 Å². The molecule has 1 radical (unpaired) electrons. The van der Waals surface area contributed by atoms with E-state index < -0.39 is 57.3 Å². The first-order valence-electron chi connectivity index (χ1n) is 28.9. The van der Waals surface area contributed by atoms with E-state index in [1.807, 2.05) is 0 Å². The van der Waals surface area contributed by atoms with E-state index in [2.05, 4.69) is 181 Å². The van der Waals surface area contributed by atoms with Gasteiger partial charge in [-0.2, -0.15) is 57.3 Å². The zero-order chi connectivity index (χ0) is 75.6. The van der Waals surface area contributed by atoms with Crippen LogP contribution in [0, 0.1) is 17.6 Å². The van der Waals surface area contributed by atoms with Gasteiger partial charge >= 0.3 is 61.2 Å². The number of H-pyrrole nitrogens is 6. The maximum absolute atomic E-state index is 14.3. The molecule has 42 heteroatoms. The summed E-state index contributed by atoms with van der Waals surface area (Å²) in [7, 11) is 4.34. The molecule has 0 aliphatic carbocycles. The van der Waals surface area contributed by atoms with Crippen molar-refractivity contribution in [3.8, 4) is 11.4 Å². The molecule has 11 heterocycles. The number of fused-ring (bicyclic) bond motifs is 6. The Morgan fingerprint density at radius 1 is 0.644 bits per heavy atom. The number of thiol groups is 1. The normalized spacial score (nSPS) is 12.3. The van der Waals surface area contributed by atoms with Crippen molar-refractivity contribution < 1.29 is 73.2 Å². The SMILES string of the molecule is C1CCOC1.C[C-](C)C.Clc1ncnc2c(Br)c[nH]c12.O=C(c1ccc2c(cnn2-c2ccc(F)cc2)c1)C(F)(F)F.O=P(Cl)(Cl)Cl.O=c1[nH]cnc2c(Br)c[nH]c12.O=c1[nH]cnc2cc[nH]c12.OC(c1ccc2c(cnn2-c2ccc(F)cc2)c1)(c1c[nH]c2c(Cl)ncnc12)C(F)(F)F.[B]=NS.[Li+]. The summed E-state index contributed by atoms with van der Waals surface area (Å²) in [4.78, 5) is 72.6. The summed E-state index contributed by atoms with van der Waals surface area (Å²) < 4.78 is 128. The van der Waals surface area contributed by atoms with E-state index in [1.54, 1.807) is 24.7 Å². The van der Waals surface area contributed by atoms with E-state index in [0.717, 1.165) is 57.8 Å². The minimum atomic E-state index is -5.08. The predicted octanol–water partition coefficient (Wildman–Crippen LogP) is 14.9. The van der Waals surface area contributed by atoms with Crippen LogP contribution in [-0.2, 0) is 14.9 Å². The molecule has 23 nitrogen and oxygen atoms in total. The van der Waals surface area contributed by atoms with Crippen molar-refractivity contribution in [2.45, 2.75) is 51.6 Å². The number of rotatable bonds is 5. The summed E-state index contributed by atoms with van der Waals surface area (Å²) in [6.45, 7) is 8.25. The van der Waals surface area contributed by atoms with Crippen molar-refractivity contribution >= 4 is 186 Å². The molecule has 1 aliphatic heterocycles. The largest absolute Gasteiger partial charge is 1.00 e. The van der Waals surface area contributed by atoms with Crippen molar-refractivity contribution in [2.75, 3.05) is 13.2 Å². The average Bonchev–Trinajstić information content (AvgIpc) is 1.45. The second-order valence-corrected chi connectivity index (χ2v) is 30.5.